The van der Waals surface area contributed by atoms with Gasteiger partial charge in [-0.1, -0.05) is 64.5 Å². The molecule has 2 aromatic carbocycles. The number of benzene rings is 2. The molecule has 0 amide bonds. The Kier molecular flexibility index (Phi) is 4.18. The molecule has 0 spiro atoms. The number of nitrogens with zero attached hydrogens (tertiary/aromatic N) is 1. The van der Waals surface area contributed by atoms with Crippen molar-refractivity contribution in [3.63, 3.8) is 0 Å². The normalized spacial score (nSPS) is 12.3. The topological polar surface area (TPSA) is 54.7 Å². The smallest absolute Gasteiger partial charge is 0.123 e. The Bertz CT molecular complexity index is 722. The zero-order chi connectivity index (χ0) is 14.7. The Morgan fingerprint density at radius 3 is 2.52 bits per heavy atom. The molecule has 1 aromatic heterocycles. The highest BCUT2D eigenvalue weighted by Crippen LogP contribution is 2.27. The molecule has 0 bridgehead atoms. The summed E-state index contributed by atoms with van der Waals surface area (Å²) in [6.07, 6.45) is 2.60. The Morgan fingerprint density at radius 2 is 1.76 bits per heavy atom. The summed E-state index contributed by atoms with van der Waals surface area (Å²) in [6, 6.07) is 18.1. The summed E-state index contributed by atoms with van der Waals surface area (Å²) in [5.41, 5.74) is 9.52. The van der Waals surface area contributed by atoms with Crippen LogP contribution in [0, 0.1) is 0 Å². The van der Waals surface area contributed by atoms with Gasteiger partial charge in [0.15, 0.2) is 0 Å². The number of H-pyrrole nitrogens is 1. The largest absolute Gasteiger partial charge is 0.341 e. The van der Waals surface area contributed by atoms with Crippen LogP contribution in [0.3, 0.4) is 0 Å². The van der Waals surface area contributed by atoms with Crippen LogP contribution < -0.4 is 5.73 Å². The minimum atomic E-state index is -0.136. The van der Waals surface area contributed by atoms with Gasteiger partial charge in [0, 0.05) is 10.0 Å². The van der Waals surface area contributed by atoms with Gasteiger partial charge in [-0.15, -0.1) is 0 Å². The predicted octanol–water partition coefficient (Wildman–Crippen LogP) is 4.08. The molecule has 0 fully saturated rings. The van der Waals surface area contributed by atoms with E-state index < -0.39 is 0 Å². The van der Waals surface area contributed by atoms with E-state index in [1.54, 1.807) is 0 Å². The highest BCUT2D eigenvalue weighted by molar-refractivity contribution is 9.10. The molecule has 3 N–H and O–H groups in total. The lowest BCUT2D eigenvalue weighted by molar-refractivity contribution is 0.678. The highest BCUT2D eigenvalue weighted by atomic mass is 79.9. The van der Waals surface area contributed by atoms with Crippen molar-refractivity contribution in [1.29, 1.82) is 0 Å². The van der Waals surface area contributed by atoms with Gasteiger partial charge in [0.05, 0.1) is 17.9 Å². The van der Waals surface area contributed by atoms with Crippen molar-refractivity contribution >= 4 is 15.9 Å². The lowest BCUT2D eigenvalue weighted by Gasteiger charge is -2.08. The quantitative estimate of drug-likeness (QED) is 0.751. The van der Waals surface area contributed by atoms with Gasteiger partial charge in [-0.05, 0) is 18.1 Å². The summed E-state index contributed by atoms with van der Waals surface area (Å²) in [7, 11) is 0. The van der Waals surface area contributed by atoms with E-state index in [1.807, 2.05) is 48.7 Å². The number of hydrogen-bond donors (Lipinski definition) is 2. The molecule has 4 heteroatoms. The Hall–Kier alpha value is -1.91. The van der Waals surface area contributed by atoms with Gasteiger partial charge in [-0.2, -0.15) is 0 Å². The number of aromatic nitrogens is 2. The van der Waals surface area contributed by atoms with Crippen molar-refractivity contribution < 1.29 is 0 Å². The maximum atomic E-state index is 6.25. The standard InChI is InChI=1S/C17H16BrN3/c18-14-9-5-4-8-13(14)16-11-20-17(21-16)15(19)10-12-6-2-1-3-7-12/h1-9,11,15H,10,19H2,(H,20,21). The second-order valence-electron chi connectivity index (χ2n) is 4.96. The van der Waals surface area contributed by atoms with Gasteiger partial charge in [-0.3, -0.25) is 0 Å². The number of imidazole rings is 1. The molecule has 3 nitrogen and oxygen atoms in total. The first-order valence-corrected chi connectivity index (χ1v) is 7.62. The van der Waals surface area contributed by atoms with E-state index in [0.717, 1.165) is 28.0 Å². The number of hydrogen-bond acceptors (Lipinski definition) is 2. The lowest BCUT2D eigenvalue weighted by Crippen LogP contribution is -2.14. The fourth-order valence-corrected chi connectivity index (χ4v) is 2.80. The van der Waals surface area contributed by atoms with Crippen LogP contribution in [0.1, 0.15) is 17.4 Å². The van der Waals surface area contributed by atoms with Gasteiger partial charge in [0.25, 0.3) is 0 Å². The Labute approximate surface area is 132 Å². The van der Waals surface area contributed by atoms with Gasteiger partial charge in [-0.25, -0.2) is 4.98 Å². The SMILES string of the molecule is NC(Cc1ccccc1)c1ncc(-c2ccccc2Br)[nH]1. The summed E-state index contributed by atoms with van der Waals surface area (Å²) in [6.45, 7) is 0. The number of nitrogens with two attached hydrogens (primary N) is 1. The van der Waals surface area contributed by atoms with Crippen LogP contribution in [0.2, 0.25) is 0 Å². The molecule has 0 aliphatic rings. The molecular weight excluding hydrogens is 326 g/mol. The number of rotatable bonds is 4. The maximum Gasteiger partial charge on any atom is 0.123 e. The van der Waals surface area contributed by atoms with E-state index in [0.29, 0.717) is 0 Å². The molecule has 1 atom stereocenters. The summed E-state index contributed by atoms with van der Waals surface area (Å²) in [4.78, 5) is 7.75. The summed E-state index contributed by atoms with van der Waals surface area (Å²) >= 11 is 3.55. The fraction of sp³-hybridized carbons (Fsp3) is 0.118. The third kappa shape index (κ3) is 3.23. The molecule has 0 saturated carbocycles. The zero-order valence-corrected chi connectivity index (χ0v) is 13.0. The summed E-state index contributed by atoms with van der Waals surface area (Å²) < 4.78 is 1.04. The maximum absolute atomic E-state index is 6.25. The first-order valence-electron chi connectivity index (χ1n) is 6.83. The van der Waals surface area contributed by atoms with E-state index >= 15 is 0 Å². The Balaban J connectivity index is 1.80. The number of nitrogens with one attached hydrogen (secondary N) is 1. The van der Waals surface area contributed by atoms with Crippen LogP contribution >= 0.6 is 15.9 Å². The van der Waals surface area contributed by atoms with Gasteiger partial charge in [0.1, 0.15) is 5.82 Å². The molecule has 1 heterocycles. The van der Waals surface area contributed by atoms with E-state index in [4.69, 9.17) is 5.73 Å². The van der Waals surface area contributed by atoms with Crippen LogP contribution in [0.25, 0.3) is 11.3 Å². The highest BCUT2D eigenvalue weighted by Gasteiger charge is 2.12. The lowest BCUT2D eigenvalue weighted by atomic mass is 10.1. The molecule has 106 valence electrons. The third-order valence-electron chi connectivity index (χ3n) is 3.41. The summed E-state index contributed by atoms with van der Waals surface area (Å²) in [5, 5.41) is 0. The molecule has 21 heavy (non-hydrogen) atoms. The van der Waals surface area contributed by atoms with E-state index in [-0.39, 0.29) is 6.04 Å². The van der Waals surface area contributed by atoms with Crippen molar-refractivity contribution in [2.24, 2.45) is 5.73 Å². The predicted molar refractivity (Wildman–Crippen MR) is 88.8 cm³/mol. The van der Waals surface area contributed by atoms with Crippen molar-refractivity contribution in [2.45, 2.75) is 12.5 Å². The molecule has 0 aliphatic carbocycles. The van der Waals surface area contributed by atoms with E-state index in [9.17, 15) is 0 Å². The molecule has 3 aromatic rings. The first-order chi connectivity index (χ1) is 10.2. The number of halogens is 1. The second-order valence-corrected chi connectivity index (χ2v) is 5.81. The monoisotopic (exact) mass is 341 g/mol. The van der Waals surface area contributed by atoms with Crippen LogP contribution in [-0.2, 0) is 6.42 Å². The number of aromatic amines is 1. The van der Waals surface area contributed by atoms with Crippen LogP contribution in [0.15, 0.2) is 65.3 Å². The first kappa shape index (κ1) is 14.0. The van der Waals surface area contributed by atoms with Gasteiger partial charge in [0.2, 0.25) is 0 Å². The van der Waals surface area contributed by atoms with E-state index in [1.165, 1.54) is 5.56 Å². The van der Waals surface area contributed by atoms with Gasteiger partial charge < -0.3 is 10.7 Å². The van der Waals surface area contributed by atoms with Crippen LogP contribution in [0.5, 0.6) is 0 Å². The fourth-order valence-electron chi connectivity index (χ4n) is 2.31. The average Bonchev–Trinajstić information content (AvgIpc) is 2.98. The van der Waals surface area contributed by atoms with Crippen molar-refractivity contribution in [2.75, 3.05) is 0 Å². The molecule has 0 aliphatic heterocycles. The minimum absolute atomic E-state index is 0.136. The zero-order valence-electron chi connectivity index (χ0n) is 11.5. The van der Waals surface area contributed by atoms with Crippen molar-refractivity contribution in [3.8, 4) is 11.3 Å². The molecule has 0 saturated heterocycles. The molecule has 3 rings (SSSR count). The second kappa shape index (κ2) is 6.24. The van der Waals surface area contributed by atoms with Crippen molar-refractivity contribution in [1.82, 2.24) is 9.97 Å². The van der Waals surface area contributed by atoms with Crippen LogP contribution in [0.4, 0.5) is 0 Å². The van der Waals surface area contributed by atoms with Gasteiger partial charge >= 0.3 is 0 Å². The Morgan fingerprint density at radius 1 is 1.05 bits per heavy atom. The molecular formula is C17H16BrN3. The van der Waals surface area contributed by atoms with Crippen molar-refractivity contribution in [3.05, 3.63) is 76.7 Å². The van der Waals surface area contributed by atoms with E-state index in [2.05, 4.69) is 38.0 Å². The minimum Gasteiger partial charge on any atom is -0.341 e. The molecule has 0 radical (unpaired) electrons. The van der Waals surface area contributed by atoms with Crippen LogP contribution in [-0.4, -0.2) is 9.97 Å². The average molecular weight is 342 g/mol. The third-order valence-corrected chi connectivity index (χ3v) is 4.10. The summed E-state index contributed by atoms with van der Waals surface area (Å²) in [5.74, 6) is 0.810. The molecule has 1 unspecified atom stereocenters.